The zero-order valence-electron chi connectivity index (χ0n) is 12.8. The van der Waals surface area contributed by atoms with Crippen LogP contribution in [0.3, 0.4) is 0 Å². The largest absolute Gasteiger partial charge is 0.481 e. The SMILES string of the molecule is O=C(COc1ccc(F)cc1F)N1CCC2(CC1)CNCCO2. The first-order valence-corrected chi connectivity index (χ1v) is 7.78. The Morgan fingerprint density at radius 2 is 2.13 bits per heavy atom. The zero-order chi connectivity index (χ0) is 16.3. The van der Waals surface area contributed by atoms with Gasteiger partial charge in [-0.3, -0.25) is 4.79 Å². The first-order valence-electron chi connectivity index (χ1n) is 7.78. The van der Waals surface area contributed by atoms with E-state index in [-0.39, 0.29) is 23.9 Å². The number of benzene rings is 1. The number of ether oxygens (including phenoxy) is 2. The third-order valence-electron chi connectivity index (χ3n) is 4.41. The van der Waals surface area contributed by atoms with E-state index in [4.69, 9.17) is 9.47 Å². The summed E-state index contributed by atoms with van der Waals surface area (Å²) in [6.45, 7) is 3.30. The Morgan fingerprint density at radius 1 is 1.35 bits per heavy atom. The summed E-state index contributed by atoms with van der Waals surface area (Å²) in [4.78, 5) is 13.9. The van der Waals surface area contributed by atoms with Crippen molar-refractivity contribution in [3.63, 3.8) is 0 Å². The average molecular weight is 326 g/mol. The Hall–Kier alpha value is -1.73. The molecule has 5 nitrogen and oxygen atoms in total. The van der Waals surface area contributed by atoms with Gasteiger partial charge in [0.25, 0.3) is 5.91 Å². The summed E-state index contributed by atoms with van der Waals surface area (Å²) in [5.74, 6) is -1.80. The van der Waals surface area contributed by atoms with Crippen molar-refractivity contribution in [1.82, 2.24) is 10.2 Å². The maximum Gasteiger partial charge on any atom is 0.260 e. The van der Waals surface area contributed by atoms with Gasteiger partial charge in [-0.05, 0) is 25.0 Å². The minimum atomic E-state index is -0.808. The van der Waals surface area contributed by atoms with Crippen LogP contribution in [-0.2, 0) is 9.53 Å². The molecule has 3 rings (SSSR count). The van der Waals surface area contributed by atoms with E-state index in [9.17, 15) is 13.6 Å². The fraction of sp³-hybridized carbons (Fsp3) is 0.562. The number of carbonyl (C=O) groups is 1. The highest BCUT2D eigenvalue weighted by Gasteiger charge is 2.38. The number of rotatable bonds is 3. The summed E-state index contributed by atoms with van der Waals surface area (Å²) >= 11 is 0. The van der Waals surface area contributed by atoms with E-state index in [0.29, 0.717) is 19.7 Å². The molecule has 0 radical (unpaired) electrons. The predicted octanol–water partition coefficient (Wildman–Crippen LogP) is 1.32. The first kappa shape index (κ1) is 16.1. The normalized spacial score (nSPS) is 20.5. The van der Waals surface area contributed by atoms with Crippen LogP contribution in [0.4, 0.5) is 8.78 Å². The molecule has 2 aliphatic rings. The van der Waals surface area contributed by atoms with E-state index >= 15 is 0 Å². The topological polar surface area (TPSA) is 50.8 Å². The molecule has 1 amide bonds. The molecule has 7 heteroatoms. The third kappa shape index (κ3) is 3.79. The van der Waals surface area contributed by atoms with Gasteiger partial charge in [-0.25, -0.2) is 8.78 Å². The van der Waals surface area contributed by atoms with Gasteiger partial charge in [-0.1, -0.05) is 0 Å². The van der Waals surface area contributed by atoms with Crippen LogP contribution in [-0.4, -0.2) is 55.8 Å². The van der Waals surface area contributed by atoms with Gasteiger partial charge >= 0.3 is 0 Å². The summed E-state index contributed by atoms with van der Waals surface area (Å²) in [7, 11) is 0. The van der Waals surface area contributed by atoms with Gasteiger partial charge in [0.05, 0.1) is 12.2 Å². The van der Waals surface area contributed by atoms with Crippen LogP contribution in [0.15, 0.2) is 18.2 Å². The Bertz CT molecular complexity index is 566. The first-order chi connectivity index (χ1) is 11.1. The Kier molecular flexibility index (Phi) is 4.77. The number of amides is 1. The van der Waals surface area contributed by atoms with Gasteiger partial charge in [0.1, 0.15) is 5.82 Å². The molecule has 1 aromatic rings. The van der Waals surface area contributed by atoms with Crippen LogP contribution in [0.2, 0.25) is 0 Å². The highest BCUT2D eigenvalue weighted by atomic mass is 19.1. The van der Waals surface area contributed by atoms with E-state index in [1.54, 1.807) is 4.90 Å². The summed E-state index contributed by atoms with van der Waals surface area (Å²) in [5, 5.41) is 3.32. The van der Waals surface area contributed by atoms with Crippen molar-refractivity contribution in [3.05, 3.63) is 29.8 Å². The van der Waals surface area contributed by atoms with Gasteiger partial charge in [-0.15, -0.1) is 0 Å². The maximum absolute atomic E-state index is 13.5. The molecule has 23 heavy (non-hydrogen) atoms. The quantitative estimate of drug-likeness (QED) is 0.910. The molecule has 126 valence electrons. The molecule has 0 aliphatic carbocycles. The summed E-state index contributed by atoms with van der Waals surface area (Å²) < 4.78 is 37.3. The third-order valence-corrected chi connectivity index (χ3v) is 4.41. The van der Waals surface area contributed by atoms with Gasteiger partial charge in [0, 0.05) is 32.2 Å². The van der Waals surface area contributed by atoms with Crippen LogP contribution < -0.4 is 10.1 Å². The van der Waals surface area contributed by atoms with Crippen molar-refractivity contribution in [2.45, 2.75) is 18.4 Å². The van der Waals surface area contributed by atoms with Crippen molar-refractivity contribution >= 4 is 5.91 Å². The second-order valence-corrected chi connectivity index (χ2v) is 5.95. The van der Waals surface area contributed by atoms with Gasteiger partial charge < -0.3 is 19.7 Å². The van der Waals surface area contributed by atoms with Crippen LogP contribution >= 0.6 is 0 Å². The van der Waals surface area contributed by atoms with Crippen LogP contribution in [0, 0.1) is 11.6 Å². The van der Waals surface area contributed by atoms with Crippen LogP contribution in [0.25, 0.3) is 0 Å². The highest BCUT2D eigenvalue weighted by molar-refractivity contribution is 5.77. The van der Waals surface area contributed by atoms with Crippen LogP contribution in [0.1, 0.15) is 12.8 Å². The standard InChI is InChI=1S/C16H20F2N2O3/c17-12-1-2-14(13(18)9-12)22-10-15(21)20-6-3-16(4-7-20)11-19-5-8-23-16/h1-2,9,19H,3-8,10-11H2. The lowest BCUT2D eigenvalue weighted by atomic mass is 9.90. The van der Waals surface area contributed by atoms with Gasteiger partial charge in [-0.2, -0.15) is 0 Å². The number of hydrogen-bond acceptors (Lipinski definition) is 4. The number of carbonyl (C=O) groups excluding carboxylic acids is 1. The minimum Gasteiger partial charge on any atom is -0.481 e. The minimum absolute atomic E-state index is 0.118. The van der Waals surface area contributed by atoms with Crippen molar-refractivity contribution in [2.75, 3.05) is 39.4 Å². The molecule has 1 N–H and O–H groups in total. The molecule has 2 fully saturated rings. The molecule has 2 aliphatic heterocycles. The molecule has 1 aromatic carbocycles. The van der Waals surface area contributed by atoms with Crippen molar-refractivity contribution in [1.29, 1.82) is 0 Å². The van der Waals surface area contributed by atoms with E-state index < -0.39 is 11.6 Å². The molecular formula is C16H20F2N2O3. The number of piperidine rings is 1. The second-order valence-electron chi connectivity index (χ2n) is 5.95. The molecular weight excluding hydrogens is 306 g/mol. The molecule has 0 atom stereocenters. The lowest BCUT2D eigenvalue weighted by Gasteiger charge is -2.44. The molecule has 2 heterocycles. The number of likely N-dealkylation sites (tertiary alicyclic amines) is 1. The van der Waals surface area contributed by atoms with E-state index in [2.05, 4.69) is 5.32 Å². The predicted molar refractivity (Wildman–Crippen MR) is 79.2 cm³/mol. The molecule has 1 spiro atoms. The highest BCUT2D eigenvalue weighted by Crippen LogP contribution is 2.27. The number of morpholine rings is 1. The summed E-state index contributed by atoms with van der Waals surface area (Å²) in [5.41, 5.74) is -0.168. The lowest BCUT2D eigenvalue weighted by Crippen LogP contribution is -2.56. The van der Waals surface area contributed by atoms with E-state index in [1.807, 2.05) is 0 Å². The summed E-state index contributed by atoms with van der Waals surface area (Å²) in [6, 6.07) is 3.02. The number of halogens is 2. The zero-order valence-corrected chi connectivity index (χ0v) is 12.8. The summed E-state index contributed by atoms with van der Waals surface area (Å²) in [6.07, 6.45) is 1.55. The average Bonchev–Trinajstić information content (AvgIpc) is 2.55. The molecule has 2 saturated heterocycles. The fourth-order valence-corrected chi connectivity index (χ4v) is 3.01. The number of nitrogens with one attached hydrogen (secondary N) is 1. The Labute approximate surface area is 133 Å². The number of hydrogen-bond donors (Lipinski definition) is 1. The smallest absolute Gasteiger partial charge is 0.260 e. The van der Waals surface area contributed by atoms with Gasteiger partial charge in [0.2, 0.25) is 0 Å². The molecule has 0 aromatic heterocycles. The monoisotopic (exact) mass is 326 g/mol. The number of nitrogens with zero attached hydrogens (tertiary/aromatic N) is 1. The second kappa shape index (κ2) is 6.80. The maximum atomic E-state index is 13.5. The van der Waals surface area contributed by atoms with Crippen molar-refractivity contribution in [3.8, 4) is 5.75 Å². The van der Waals surface area contributed by atoms with E-state index in [1.165, 1.54) is 6.07 Å². The van der Waals surface area contributed by atoms with Crippen LogP contribution in [0.5, 0.6) is 5.75 Å². The van der Waals surface area contributed by atoms with Crippen molar-refractivity contribution in [2.24, 2.45) is 0 Å². The fourth-order valence-electron chi connectivity index (χ4n) is 3.01. The lowest BCUT2D eigenvalue weighted by molar-refractivity contribution is -0.142. The van der Waals surface area contributed by atoms with Gasteiger partial charge in [0.15, 0.2) is 18.2 Å². The Balaban J connectivity index is 1.49. The Morgan fingerprint density at radius 3 is 2.78 bits per heavy atom. The molecule has 0 bridgehead atoms. The van der Waals surface area contributed by atoms with Crippen molar-refractivity contribution < 1.29 is 23.0 Å². The van der Waals surface area contributed by atoms with E-state index in [0.717, 1.165) is 38.1 Å². The molecule has 0 unspecified atom stereocenters. The molecule has 0 saturated carbocycles.